The van der Waals surface area contributed by atoms with Crippen LogP contribution in [0.4, 0.5) is 5.69 Å². The van der Waals surface area contributed by atoms with Crippen molar-refractivity contribution in [3.8, 4) is 0 Å². The van der Waals surface area contributed by atoms with Crippen LogP contribution in [0.1, 0.15) is 12.8 Å². The van der Waals surface area contributed by atoms with Crippen molar-refractivity contribution in [1.29, 1.82) is 0 Å². The van der Waals surface area contributed by atoms with E-state index in [2.05, 4.69) is 5.32 Å². The zero-order valence-electron chi connectivity index (χ0n) is 13.4. The molecule has 1 amide bonds. The Morgan fingerprint density at radius 1 is 1.35 bits per heavy atom. The van der Waals surface area contributed by atoms with E-state index in [9.17, 15) is 13.2 Å². The van der Waals surface area contributed by atoms with Gasteiger partial charge in [-0.2, -0.15) is 0 Å². The summed E-state index contributed by atoms with van der Waals surface area (Å²) >= 11 is 0. The third kappa shape index (κ3) is 4.29. The normalized spacial score (nSPS) is 17.9. The van der Waals surface area contributed by atoms with E-state index in [-0.39, 0.29) is 16.7 Å². The minimum Gasteiger partial charge on any atom is -0.381 e. The Morgan fingerprint density at radius 3 is 2.61 bits per heavy atom. The molecule has 1 aromatic rings. The van der Waals surface area contributed by atoms with Gasteiger partial charge in [0.25, 0.3) is 0 Å². The van der Waals surface area contributed by atoms with Gasteiger partial charge in [-0.25, -0.2) is 12.7 Å². The maximum absolute atomic E-state index is 12.3. The standard InChI is InChI=1S/C15H23N3O4S/c1-18(2)23(20,21)13-5-3-4-12(10-13)17-15(19)14(16)11-6-8-22-9-7-11/h3-5,10-11,14H,6-9,16H2,1-2H3,(H,17,19). The van der Waals surface area contributed by atoms with Crippen LogP contribution in [0, 0.1) is 5.92 Å². The van der Waals surface area contributed by atoms with E-state index in [0.717, 1.165) is 17.1 Å². The number of rotatable bonds is 5. The Balaban J connectivity index is 2.09. The summed E-state index contributed by atoms with van der Waals surface area (Å²) in [7, 11) is -0.622. The van der Waals surface area contributed by atoms with Crippen molar-refractivity contribution >= 4 is 21.6 Å². The van der Waals surface area contributed by atoms with Gasteiger partial charge in [0.2, 0.25) is 15.9 Å². The molecule has 0 saturated carbocycles. The third-order valence-corrected chi connectivity index (χ3v) is 5.77. The Morgan fingerprint density at radius 2 is 2.00 bits per heavy atom. The zero-order valence-corrected chi connectivity index (χ0v) is 14.2. The first-order valence-electron chi connectivity index (χ1n) is 7.49. The lowest BCUT2D eigenvalue weighted by Crippen LogP contribution is -2.44. The third-order valence-electron chi connectivity index (χ3n) is 3.96. The SMILES string of the molecule is CN(C)S(=O)(=O)c1cccc(NC(=O)C(N)C2CCOCC2)c1. The highest BCUT2D eigenvalue weighted by Crippen LogP contribution is 2.21. The van der Waals surface area contributed by atoms with Gasteiger partial charge in [-0.15, -0.1) is 0 Å². The summed E-state index contributed by atoms with van der Waals surface area (Å²) in [5.41, 5.74) is 6.43. The quantitative estimate of drug-likeness (QED) is 0.818. The molecule has 0 spiro atoms. The average Bonchev–Trinajstić information content (AvgIpc) is 2.55. The van der Waals surface area contributed by atoms with Crippen LogP contribution in [0.15, 0.2) is 29.2 Å². The van der Waals surface area contributed by atoms with E-state index >= 15 is 0 Å². The lowest BCUT2D eigenvalue weighted by Gasteiger charge is -2.26. The second-order valence-corrected chi connectivity index (χ2v) is 7.93. The fourth-order valence-electron chi connectivity index (χ4n) is 2.46. The maximum Gasteiger partial charge on any atom is 0.242 e. The fraction of sp³-hybridized carbons (Fsp3) is 0.533. The molecule has 0 aliphatic carbocycles. The van der Waals surface area contributed by atoms with Crippen LogP contribution < -0.4 is 11.1 Å². The largest absolute Gasteiger partial charge is 0.381 e. The molecule has 3 N–H and O–H groups in total. The molecule has 7 nitrogen and oxygen atoms in total. The summed E-state index contributed by atoms with van der Waals surface area (Å²) in [4.78, 5) is 12.4. The lowest BCUT2D eigenvalue weighted by molar-refractivity contribution is -0.119. The van der Waals surface area contributed by atoms with Crippen LogP contribution in [0.2, 0.25) is 0 Å². The number of nitrogens with two attached hydrogens (primary N) is 1. The molecule has 1 atom stereocenters. The second kappa shape index (κ2) is 7.39. The smallest absolute Gasteiger partial charge is 0.242 e. The van der Waals surface area contributed by atoms with Crippen LogP contribution in [0.3, 0.4) is 0 Å². The molecule has 1 heterocycles. The average molecular weight is 341 g/mol. The highest BCUT2D eigenvalue weighted by atomic mass is 32.2. The van der Waals surface area contributed by atoms with Gasteiger partial charge in [-0.1, -0.05) is 6.07 Å². The Bertz CT molecular complexity index is 654. The Hall–Kier alpha value is -1.48. The van der Waals surface area contributed by atoms with E-state index in [1.165, 1.54) is 26.2 Å². The number of carbonyl (C=O) groups excluding carboxylic acids is 1. The molecule has 128 valence electrons. The van der Waals surface area contributed by atoms with Crippen LogP contribution in [-0.4, -0.2) is 52.0 Å². The molecule has 1 aromatic carbocycles. The molecular formula is C15H23N3O4S. The van der Waals surface area contributed by atoms with Crippen molar-refractivity contribution in [2.45, 2.75) is 23.8 Å². The molecule has 0 aromatic heterocycles. The van der Waals surface area contributed by atoms with Gasteiger partial charge < -0.3 is 15.8 Å². The number of ether oxygens (including phenoxy) is 1. The molecule has 23 heavy (non-hydrogen) atoms. The van der Waals surface area contributed by atoms with Crippen LogP contribution >= 0.6 is 0 Å². The van der Waals surface area contributed by atoms with Gasteiger partial charge in [0, 0.05) is 33.0 Å². The van der Waals surface area contributed by atoms with Gasteiger partial charge in [-0.3, -0.25) is 4.79 Å². The summed E-state index contributed by atoms with van der Waals surface area (Å²) in [6.45, 7) is 1.23. The number of hydrogen-bond acceptors (Lipinski definition) is 5. The minimum absolute atomic E-state index is 0.0810. The number of carbonyl (C=O) groups is 1. The molecule has 1 aliphatic rings. The number of hydrogen-bond donors (Lipinski definition) is 2. The number of nitrogens with zero attached hydrogens (tertiary/aromatic N) is 1. The number of sulfonamides is 1. The summed E-state index contributed by atoms with van der Waals surface area (Å²) in [6, 6.07) is 5.52. The van der Waals surface area contributed by atoms with Gasteiger partial charge in [0.05, 0.1) is 10.9 Å². The molecule has 0 radical (unpaired) electrons. The maximum atomic E-state index is 12.3. The van der Waals surface area contributed by atoms with Gasteiger partial charge in [0.15, 0.2) is 0 Å². The topological polar surface area (TPSA) is 102 Å². The predicted molar refractivity (Wildman–Crippen MR) is 87.5 cm³/mol. The summed E-state index contributed by atoms with van der Waals surface area (Å²) in [5.74, 6) is -0.228. The Labute approximate surface area is 136 Å². The number of amides is 1. The van der Waals surface area contributed by atoms with Crippen molar-refractivity contribution in [1.82, 2.24) is 4.31 Å². The molecule has 1 unspecified atom stereocenters. The number of nitrogens with one attached hydrogen (secondary N) is 1. The van der Waals surface area contributed by atoms with E-state index in [1.807, 2.05) is 0 Å². The van der Waals surface area contributed by atoms with Crippen LogP contribution in [0.25, 0.3) is 0 Å². The zero-order chi connectivity index (χ0) is 17.0. The summed E-state index contributed by atoms with van der Waals surface area (Å²) in [5, 5.41) is 2.70. The molecule has 1 aliphatic heterocycles. The van der Waals surface area contributed by atoms with E-state index in [1.54, 1.807) is 12.1 Å². The lowest BCUT2D eigenvalue weighted by atomic mass is 9.92. The number of anilines is 1. The predicted octanol–water partition coefficient (Wildman–Crippen LogP) is 0.629. The molecule has 1 fully saturated rings. The first-order chi connectivity index (χ1) is 10.8. The molecular weight excluding hydrogens is 318 g/mol. The minimum atomic E-state index is -3.54. The fourth-order valence-corrected chi connectivity index (χ4v) is 3.41. The van der Waals surface area contributed by atoms with E-state index in [0.29, 0.717) is 18.9 Å². The highest BCUT2D eigenvalue weighted by Gasteiger charge is 2.27. The second-order valence-electron chi connectivity index (χ2n) is 5.78. The molecule has 0 bridgehead atoms. The van der Waals surface area contributed by atoms with Crippen LogP contribution in [-0.2, 0) is 19.6 Å². The van der Waals surface area contributed by atoms with Crippen LogP contribution in [0.5, 0.6) is 0 Å². The summed E-state index contributed by atoms with van der Waals surface area (Å²) in [6.07, 6.45) is 1.51. The van der Waals surface area contributed by atoms with E-state index < -0.39 is 16.1 Å². The first-order valence-corrected chi connectivity index (χ1v) is 8.93. The molecule has 2 rings (SSSR count). The van der Waals surface area contributed by atoms with Crippen molar-refractivity contribution < 1.29 is 17.9 Å². The monoisotopic (exact) mass is 341 g/mol. The van der Waals surface area contributed by atoms with Crippen molar-refractivity contribution in [2.24, 2.45) is 11.7 Å². The summed E-state index contributed by atoms with van der Waals surface area (Å²) < 4.78 is 30.6. The van der Waals surface area contributed by atoms with Crippen molar-refractivity contribution in [2.75, 3.05) is 32.6 Å². The van der Waals surface area contributed by atoms with Gasteiger partial charge in [0.1, 0.15) is 0 Å². The van der Waals surface area contributed by atoms with E-state index in [4.69, 9.17) is 10.5 Å². The molecule has 8 heteroatoms. The van der Waals surface area contributed by atoms with Crippen molar-refractivity contribution in [3.63, 3.8) is 0 Å². The molecule has 1 saturated heterocycles. The highest BCUT2D eigenvalue weighted by molar-refractivity contribution is 7.89. The van der Waals surface area contributed by atoms with Gasteiger partial charge >= 0.3 is 0 Å². The number of benzene rings is 1. The van der Waals surface area contributed by atoms with Gasteiger partial charge in [-0.05, 0) is 37.0 Å². The van der Waals surface area contributed by atoms with Crippen molar-refractivity contribution in [3.05, 3.63) is 24.3 Å². The first kappa shape index (κ1) is 17.9. The Kier molecular flexibility index (Phi) is 5.74.